The molecule has 4 nitrogen and oxygen atoms in total. The molecule has 2 N–H and O–H groups in total. The van der Waals surface area contributed by atoms with Crippen LogP contribution in [0, 0.1) is 11.8 Å². The zero-order valence-electron chi connectivity index (χ0n) is 9.64. The number of amides is 1. The molecule has 0 bridgehead atoms. The second-order valence-corrected chi connectivity index (χ2v) is 4.57. The highest BCUT2D eigenvalue weighted by Crippen LogP contribution is 2.36. The van der Waals surface area contributed by atoms with Gasteiger partial charge in [0.05, 0.1) is 5.56 Å². The number of nitrogens with one attached hydrogen (secondary N) is 1. The highest BCUT2D eigenvalue weighted by atomic mass is 16.4. The van der Waals surface area contributed by atoms with Crippen molar-refractivity contribution < 1.29 is 14.7 Å². The molecule has 0 radical (unpaired) electrons. The molecule has 2 rings (SSSR count). The Morgan fingerprint density at radius 1 is 1.29 bits per heavy atom. The van der Waals surface area contributed by atoms with Gasteiger partial charge in [-0.05, 0) is 42.5 Å². The van der Waals surface area contributed by atoms with Crippen LogP contribution >= 0.6 is 0 Å². The molecule has 90 valence electrons. The predicted molar refractivity (Wildman–Crippen MR) is 63.0 cm³/mol. The van der Waals surface area contributed by atoms with Crippen molar-refractivity contribution in [3.8, 4) is 0 Å². The molecule has 1 amide bonds. The second kappa shape index (κ2) is 4.57. The summed E-state index contributed by atoms with van der Waals surface area (Å²) in [6.07, 6.45) is 1.18. The Kier molecular flexibility index (Phi) is 3.13. The molecule has 2 unspecified atom stereocenters. The van der Waals surface area contributed by atoms with Crippen LogP contribution in [0.15, 0.2) is 24.3 Å². The molecule has 17 heavy (non-hydrogen) atoms. The van der Waals surface area contributed by atoms with E-state index in [0.29, 0.717) is 23.9 Å². The van der Waals surface area contributed by atoms with E-state index in [4.69, 9.17) is 5.11 Å². The van der Waals surface area contributed by atoms with Crippen molar-refractivity contribution in [2.24, 2.45) is 11.8 Å². The summed E-state index contributed by atoms with van der Waals surface area (Å²) >= 11 is 0. The largest absolute Gasteiger partial charge is 0.478 e. The first-order chi connectivity index (χ1) is 8.08. The molecule has 1 aliphatic rings. The SMILES string of the molecule is CC1CC1CNC(=O)c1ccc(C(=O)O)cc1. The van der Waals surface area contributed by atoms with Gasteiger partial charge in [0.1, 0.15) is 0 Å². The van der Waals surface area contributed by atoms with Crippen molar-refractivity contribution >= 4 is 11.9 Å². The Labute approximate surface area is 99.6 Å². The van der Waals surface area contributed by atoms with Crippen LogP contribution in [0.2, 0.25) is 0 Å². The average molecular weight is 233 g/mol. The van der Waals surface area contributed by atoms with Gasteiger partial charge in [-0.3, -0.25) is 4.79 Å². The fraction of sp³-hybridized carbons (Fsp3) is 0.385. The molecule has 1 fully saturated rings. The van der Waals surface area contributed by atoms with Crippen LogP contribution in [0.5, 0.6) is 0 Å². The summed E-state index contributed by atoms with van der Waals surface area (Å²) < 4.78 is 0. The Bertz CT molecular complexity index is 438. The van der Waals surface area contributed by atoms with E-state index in [2.05, 4.69) is 12.2 Å². The lowest BCUT2D eigenvalue weighted by molar-refractivity contribution is 0.0696. The fourth-order valence-electron chi connectivity index (χ4n) is 1.77. The molecule has 1 aromatic carbocycles. The minimum atomic E-state index is -0.983. The van der Waals surface area contributed by atoms with E-state index in [1.807, 2.05) is 0 Å². The number of carboxylic acid groups (broad SMARTS) is 1. The topological polar surface area (TPSA) is 66.4 Å². The van der Waals surface area contributed by atoms with Crippen molar-refractivity contribution in [1.29, 1.82) is 0 Å². The lowest BCUT2D eigenvalue weighted by atomic mass is 10.1. The van der Waals surface area contributed by atoms with Gasteiger partial charge in [0.2, 0.25) is 0 Å². The van der Waals surface area contributed by atoms with Gasteiger partial charge in [-0.1, -0.05) is 6.92 Å². The number of carbonyl (C=O) groups excluding carboxylic acids is 1. The smallest absolute Gasteiger partial charge is 0.335 e. The molecule has 0 spiro atoms. The van der Waals surface area contributed by atoms with Gasteiger partial charge in [-0.25, -0.2) is 4.79 Å². The predicted octanol–water partition coefficient (Wildman–Crippen LogP) is 1.77. The third-order valence-electron chi connectivity index (χ3n) is 3.19. The summed E-state index contributed by atoms with van der Waals surface area (Å²) in [6.45, 7) is 2.87. The number of carboxylic acids is 1. The van der Waals surface area contributed by atoms with Gasteiger partial charge in [0.25, 0.3) is 5.91 Å². The molecule has 1 aliphatic carbocycles. The van der Waals surface area contributed by atoms with Gasteiger partial charge in [-0.15, -0.1) is 0 Å². The maximum Gasteiger partial charge on any atom is 0.335 e. The number of aromatic carboxylic acids is 1. The van der Waals surface area contributed by atoms with Gasteiger partial charge < -0.3 is 10.4 Å². The first kappa shape index (κ1) is 11.6. The zero-order chi connectivity index (χ0) is 12.4. The van der Waals surface area contributed by atoms with E-state index in [1.54, 1.807) is 0 Å². The molecule has 1 saturated carbocycles. The lowest BCUT2D eigenvalue weighted by Gasteiger charge is -2.04. The molecule has 2 atom stereocenters. The van der Waals surface area contributed by atoms with Crippen molar-refractivity contribution in [1.82, 2.24) is 5.32 Å². The zero-order valence-corrected chi connectivity index (χ0v) is 9.64. The number of hydrogen-bond donors (Lipinski definition) is 2. The molecule has 4 heteroatoms. The van der Waals surface area contributed by atoms with Crippen LogP contribution in [0.1, 0.15) is 34.1 Å². The Balaban J connectivity index is 1.92. The van der Waals surface area contributed by atoms with E-state index >= 15 is 0 Å². The standard InChI is InChI=1S/C13H15NO3/c1-8-6-11(8)7-14-12(15)9-2-4-10(5-3-9)13(16)17/h2-5,8,11H,6-7H2,1H3,(H,14,15)(H,16,17). The van der Waals surface area contributed by atoms with Crippen LogP contribution in [0.4, 0.5) is 0 Å². The average Bonchev–Trinajstić information content (AvgIpc) is 3.02. The highest BCUT2D eigenvalue weighted by molar-refractivity contribution is 5.95. The fourth-order valence-corrected chi connectivity index (χ4v) is 1.77. The second-order valence-electron chi connectivity index (χ2n) is 4.57. The summed E-state index contributed by atoms with van der Waals surface area (Å²) in [5, 5.41) is 11.6. The van der Waals surface area contributed by atoms with Crippen LogP contribution in [0.3, 0.4) is 0 Å². The van der Waals surface area contributed by atoms with Crippen molar-refractivity contribution in [2.45, 2.75) is 13.3 Å². The normalized spacial score (nSPS) is 21.9. The molecule has 1 aromatic rings. The summed E-state index contributed by atoms with van der Waals surface area (Å²) in [4.78, 5) is 22.3. The highest BCUT2D eigenvalue weighted by Gasteiger charge is 2.32. The maximum absolute atomic E-state index is 11.7. The Morgan fingerprint density at radius 3 is 2.29 bits per heavy atom. The first-order valence-corrected chi connectivity index (χ1v) is 5.69. The van der Waals surface area contributed by atoms with Gasteiger partial charge >= 0.3 is 5.97 Å². The number of benzene rings is 1. The van der Waals surface area contributed by atoms with E-state index in [-0.39, 0.29) is 11.5 Å². The Morgan fingerprint density at radius 2 is 1.82 bits per heavy atom. The lowest BCUT2D eigenvalue weighted by Crippen LogP contribution is -2.25. The quantitative estimate of drug-likeness (QED) is 0.832. The van der Waals surface area contributed by atoms with E-state index in [0.717, 1.165) is 0 Å². The maximum atomic E-state index is 11.7. The summed E-state index contributed by atoms with van der Waals surface area (Å²) in [5.74, 6) is 0.201. The molecule has 0 aromatic heterocycles. The summed E-state index contributed by atoms with van der Waals surface area (Å²) in [7, 11) is 0. The van der Waals surface area contributed by atoms with E-state index < -0.39 is 5.97 Å². The van der Waals surface area contributed by atoms with Crippen LogP contribution in [0.25, 0.3) is 0 Å². The minimum absolute atomic E-state index is 0.138. The van der Waals surface area contributed by atoms with Crippen molar-refractivity contribution in [2.75, 3.05) is 6.54 Å². The van der Waals surface area contributed by atoms with Crippen molar-refractivity contribution in [3.63, 3.8) is 0 Å². The number of carbonyl (C=O) groups is 2. The number of hydrogen-bond acceptors (Lipinski definition) is 2. The molecule has 0 saturated heterocycles. The molecule has 0 aliphatic heterocycles. The molecular weight excluding hydrogens is 218 g/mol. The van der Waals surface area contributed by atoms with Crippen LogP contribution in [-0.4, -0.2) is 23.5 Å². The minimum Gasteiger partial charge on any atom is -0.478 e. The van der Waals surface area contributed by atoms with E-state index in [1.165, 1.54) is 30.7 Å². The third kappa shape index (κ3) is 2.84. The Hall–Kier alpha value is -1.84. The molecule has 0 heterocycles. The molecular formula is C13H15NO3. The third-order valence-corrected chi connectivity index (χ3v) is 3.19. The van der Waals surface area contributed by atoms with E-state index in [9.17, 15) is 9.59 Å². The summed E-state index contributed by atoms with van der Waals surface area (Å²) in [6, 6.07) is 5.96. The van der Waals surface area contributed by atoms with Crippen LogP contribution in [-0.2, 0) is 0 Å². The number of rotatable bonds is 4. The van der Waals surface area contributed by atoms with Crippen LogP contribution < -0.4 is 5.32 Å². The summed E-state index contributed by atoms with van der Waals surface area (Å²) in [5.41, 5.74) is 0.695. The monoisotopic (exact) mass is 233 g/mol. The van der Waals surface area contributed by atoms with Crippen molar-refractivity contribution in [3.05, 3.63) is 35.4 Å². The van der Waals surface area contributed by atoms with Gasteiger partial charge in [0.15, 0.2) is 0 Å². The first-order valence-electron chi connectivity index (χ1n) is 5.69. The van der Waals surface area contributed by atoms with Gasteiger partial charge in [0, 0.05) is 12.1 Å². The van der Waals surface area contributed by atoms with Gasteiger partial charge in [-0.2, -0.15) is 0 Å².